The lowest BCUT2D eigenvalue weighted by molar-refractivity contribution is 0.0696. The lowest BCUT2D eigenvalue weighted by Gasteiger charge is -2.07. The molecule has 1 N–H and O–H groups in total. The smallest absolute Gasteiger partial charge is 0.335 e. The van der Waals surface area contributed by atoms with Gasteiger partial charge < -0.3 is 9.84 Å². The Kier molecular flexibility index (Phi) is 3.44. The van der Waals surface area contributed by atoms with E-state index in [1.807, 2.05) is 6.07 Å². The van der Waals surface area contributed by atoms with Crippen LogP contribution >= 0.6 is 0 Å². The fourth-order valence-electron chi connectivity index (χ4n) is 1.58. The van der Waals surface area contributed by atoms with Crippen LogP contribution in [-0.4, -0.2) is 16.1 Å². The number of benzene rings is 1. The van der Waals surface area contributed by atoms with Gasteiger partial charge in [0.25, 0.3) is 0 Å². The molecule has 0 aliphatic carbocycles. The molecule has 0 aliphatic heterocycles. The minimum atomic E-state index is -0.968. The van der Waals surface area contributed by atoms with Crippen LogP contribution < -0.4 is 4.74 Å². The molecule has 2 aromatic rings. The molecule has 5 nitrogen and oxygen atoms in total. The van der Waals surface area contributed by atoms with E-state index < -0.39 is 5.97 Å². The molecular weight excluding hydrogens is 244 g/mol. The topological polar surface area (TPSA) is 83.2 Å². The number of ether oxygens (including phenoxy) is 1. The number of aryl methyl sites for hydroxylation is 1. The van der Waals surface area contributed by atoms with Gasteiger partial charge in [-0.15, -0.1) is 0 Å². The molecule has 0 unspecified atom stereocenters. The summed E-state index contributed by atoms with van der Waals surface area (Å²) in [5, 5.41) is 17.6. The maximum Gasteiger partial charge on any atom is 0.335 e. The number of hydrogen-bond donors (Lipinski definition) is 1. The first-order valence-electron chi connectivity index (χ1n) is 5.48. The fourth-order valence-corrected chi connectivity index (χ4v) is 1.58. The standard InChI is InChI=1S/C14H10N2O3/c1-9-6-11(4-5-13(9)14(17)18)19-12-3-2-10(7-15)16-8-12/h2-6,8H,1H3,(H,17,18). The third kappa shape index (κ3) is 2.87. The van der Waals surface area contributed by atoms with Crippen molar-refractivity contribution in [3.05, 3.63) is 53.3 Å². The van der Waals surface area contributed by atoms with Crippen LogP contribution in [0.4, 0.5) is 0 Å². The number of carboxylic acids is 1. The van der Waals surface area contributed by atoms with Gasteiger partial charge in [-0.3, -0.25) is 0 Å². The Hall–Kier alpha value is -2.87. The highest BCUT2D eigenvalue weighted by molar-refractivity contribution is 5.89. The van der Waals surface area contributed by atoms with Crippen molar-refractivity contribution in [2.75, 3.05) is 0 Å². The summed E-state index contributed by atoms with van der Waals surface area (Å²) in [6.07, 6.45) is 1.44. The van der Waals surface area contributed by atoms with Crippen molar-refractivity contribution in [2.45, 2.75) is 6.92 Å². The van der Waals surface area contributed by atoms with Gasteiger partial charge in [-0.2, -0.15) is 5.26 Å². The highest BCUT2D eigenvalue weighted by atomic mass is 16.5. The Balaban J connectivity index is 2.21. The van der Waals surface area contributed by atoms with Crippen LogP contribution in [0.15, 0.2) is 36.5 Å². The molecule has 0 radical (unpaired) electrons. The van der Waals surface area contributed by atoms with Gasteiger partial charge in [0, 0.05) is 0 Å². The summed E-state index contributed by atoms with van der Waals surface area (Å²) < 4.78 is 5.53. The predicted molar refractivity (Wildman–Crippen MR) is 67.2 cm³/mol. The minimum Gasteiger partial charge on any atom is -0.478 e. The zero-order chi connectivity index (χ0) is 13.8. The molecule has 0 fully saturated rings. The largest absolute Gasteiger partial charge is 0.478 e. The molecule has 1 aromatic carbocycles. The van der Waals surface area contributed by atoms with Gasteiger partial charge in [0.1, 0.15) is 23.3 Å². The summed E-state index contributed by atoms with van der Waals surface area (Å²) in [4.78, 5) is 14.8. The number of rotatable bonds is 3. The van der Waals surface area contributed by atoms with Crippen LogP contribution in [0.2, 0.25) is 0 Å². The van der Waals surface area contributed by atoms with E-state index in [0.29, 0.717) is 22.8 Å². The summed E-state index contributed by atoms with van der Waals surface area (Å²) in [7, 11) is 0. The van der Waals surface area contributed by atoms with E-state index in [4.69, 9.17) is 15.1 Å². The Morgan fingerprint density at radius 3 is 2.58 bits per heavy atom. The summed E-state index contributed by atoms with van der Waals surface area (Å²) in [6.45, 7) is 1.70. The normalized spacial score (nSPS) is 9.68. The molecule has 0 saturated heterocycles. The second-order valence-electron chi connectivity index (χ2n) is 3.87. The van der Waals surface area contributed by atoms with Crippen LogP contribution in [0.5, 0.6) is 11.5 Å². The van der Waals surface area contributed by atoms with Crippen molar-refractivity contribution >= 4 is 5.97 Å². The minimum absolute atomic E-state index is 0.241. The van der Waals surface area contributed by atoms with E-state index in [9.17, 15) is 4.79 Å². The maximum atomic E-state index is 10.9. The number of hydrogen-bond acceptors (Lipinski definition) is 4. The van der Waals surface area contributed by atoms with Crippen molar-refractivity contribution in [1.29, 1.82) is 5.26 Å². The molecule has 0 aliphatic rings. The van der Waals surface area contributed by atoms with E-state index in [2.05, 4.69) is 4.98 Å². The van der Waals surface area contributed by atoms with Crippen LogP contribution in [0.3, 0.4) is 0 Å². The molecule has 0 saturated carbocycles. The van der Waals surface area contributed by atoms with E-state index in [1.54, 1.807) is 31.2 Å². The van der Waals surface area contributed by atoms with Gasteiger partial charge in [-0.1, -0.05) is 0 Å². The van der Waals surface area contributed by atoms with Gasteiger partial charge >= 0.3 is 5.97 Å². The first kappa shape index (κ1) is 12.6. The number of aromatic nitrogens is 1. The Morgan fingerprint density at radius 2 is 2.05 bits per heavy atom. The molecule has 0 amide bonds. The van der Waals surface area contributed by atoms with Gasteiger partial charge in [-0.05, 0) is 42.8 Å². The van der Waals surface area contributed by atoms with E-state index in [0.717, 1.165) is 0 Å². The number of nitriles is 1. The van der Waals surface area contributed by atoms with E-state index in [-0.39, 0.29) is 5.56 Å². The average Bonchev–Trinajstić information content (AvgIpc) is 2.39. The van der Waals surface area contributed by atoms with Crippen LogP contribution in [0.25, 0.3) is 0 Å². The molecule has 19 heavy (non-hydrogen) atoms. The van der Waals surface area contributed by atoms with Crippen molar-refractivity contribution in [3.8, 4) is 17.6 Å². The monoisotopic (exact) mass is 254 g/mol. The van der Waals surface area contributed by atoms with Crippen molar-refractivity contribution < 1.29 is 14.6 Å². The molecule has 1 aromatic heterocycles. The van der Waals surface area contributed by atoms with Crippen LogP contribution in [0.1, 0.15) is 21.6 Å². The Morgan fingerprint density at radius 1 is 1.32 bits per heavy atom. The third-order valence-corrected chi connectivity index (χ3v) is 2.51. The van der Waals surface area contributed by atoms with Crippen LogP contribution in [0, 0.1) is 18.3 Å². The molecular formula is C14H10N2O3. The lowest BCUT2D eigenvalue weighted by atomic mass is 10.1. The molecule has 0 bridgehead atoms. The van der Waals surface area contributed by atoms with Gasteiger partial charge in [0.2, 0.25) is 0 Å². The number of carboxylic acid groups (broad SMARTS) is 1. The third-order valence-electron chi connectivity index (χ3n) is 2.51. The van der Waals surface area contributed by atoms with Crippen LogP contribution in [-0.2, 0) is 0 Å². The molecule has 0 atom stereocenters. The second-order valence-corrected chi connectivity index (χ2v) is 3.87. The average molecular weight is 254 g/mol. The number of aromatic carboxylic acids is 1. The highest BCUT2D eigenvalue weighted by Gasteiger charge is 2.08. The first-order chi connectivity index (χ1) is 9.10. The number of carbonyl (C=O) groups is 1. The van der Waals surface area contributed by atoms with Gasteiger partial charge in [0.05, 0.1) is 11.8 Å². The summed E-state index contributed by atoms with van der Waals surface area (Å²) in [5.41, 5.74) is 1.17. The summed E-state index contributed by atoms with van der Waals surface area (Å²) >= 11 is 0. The summed E-state index contributed by atoms with van der Waals surface area (Å²) in [6, 6.07) is 9.80. The number of pyridine rings is 1. The van der Waals surface area contributed by atoms with Crippen molar-refractivity contribution in [3.63, 3.8) is 0 Å². The lowest BCUT2D eigenvalue weighted by Crippen LogP contribution is -1.99. The Labute approximate surface area is 109 Å². The SMILES string of the molecule is Cc1cc(Oc2ccc(C#N)nc2)ccc1C(=O)O. The number of nitrogens with zero attached hydrogens (tertiary/aromatic N) is 2. The van der Waals surface area contributed by atoms with Crippen molar-refractivity contribution in [1.82, 2.24) is 4.98 Å². The molecule has 0 spiro atoms. The summed E-state index contributed by atoms with van der Waals surface area (Å²) in [5.74, 6) is 0.0413. The molecule has 5 heteroatoms. The van der Waals surface area contributed by atoms with Gasteiger partial charge in [0.15, 0.2) is 0 Å². The molecule has 2 rings (SSSR count). The fraction of sp³-hybridized carbons (Fsp3) is 0.0714. The second kappa shape index (κ2) is 5.19. The first-order valence-corrected chi connectivity index (χ1v) is 5.48. The predicted octanol–water partition coefficient (Wildman–Crippen LogP) is 2.75. The van der Waals surface area contributed by atoms with Gasteiger partial charge in [-0.25, -0.2) is 9.78 Å². The Bertz CT molecular complexity index is 657. The molecule has 1 heterocycles. The van der Waals surface area contributed by atoms with E-state index >= 15 is 0 Å². The zero-order valence-electron chi connectivity index (χ0n) is 10.1. The zero-order valence-corrected chi connectivity index (χ0v) is 10.1. The highest BCUT2D eigenvalue weighted by Crippen LogP contribution is 2.23. The van der Waals surface area contributed by atoms with Crippen molar-refractivity contribution in [2.24, 2.45) is 0 Å². The quantitative estimate of drug-likeness (QED) is 0.910. The van der Waals surface area contributed by atoms with E-state index in [1.165, 1.54) is 12.3 Å². The maximum absolute atomic E-state index is 10.9. The molecule has 94 valence electrons.